The standard InChI is InChI=1S/C16H16FN3O.C14H20N2O2/c1-10(2)14(16-19-8-13(9-21)20-16)7-15(18)11-3-5-12(17)6-4-11;1-15-7-9-16(10-8-15)14(17)11-12-3-5-13(18-2)6-4-12/h3-10,18H,1-2H3,(H,19,20);3-6H,7-11H2,1-2H3/b14-7-,18-15?;. The molecule has 1 fully saturated rings. The SMILES string of the molecule is CC(C)/C(=C/C(=N)c1ccc(F)cc1)c1ncc(C=O)[nH]1.COc1ccc(CC(=O)N2CCN(C)CC2)cc1. The Morgan fingerprint density at radius 1 is 1.10 bits per heavy atom. The number of carbonyl (C=O) groups excluding carboxylic acids is 2. The van der Waals surface area contributed by atoms with Crippen molar-refractivity contribution in [3.63, 3.8) is 0 Å². The van der Waals surface area contributed by atoms with E-state index in [1.54, 1.807) is 25.3 Å². The van der Waals surface area contributed by atoms with Gasteiger partial charge in [0.05, 0.1) is 31.1 Å². The first-order valence-electron chi connectivity index (χ1n) is 12.9. The summed E-state index contributed by atoms with van der Waals surface area (Å²) in [7, 11) is 3.73. The van der Waals surface area contributed by atoms with Gasteiger partial charge in [-0.05, 0) is 72.1 Å². The van der Waals surface area contributed by atoms with Gasteiger partial charge in [-0.25, -0.2) is 9.37 Å². The number of likely N-dealkylation sites (N-methyl/N-ethyl adjacent to an activating group) is 1. The van der Waals surface area contributed by atoms with Crippen molar-refractivity contribution in [3.8, 4) is 5.75 Å². The Balaban J connectivity index is 0.000000218. The zero-order valence-electron chi connectivity index (χ0n) is 22.9. The molecule has 3 aromatic rings. The summed E-state index contributed by atoms with van der Waals surface area (Å²) in [6.07, 6.45) is 4.32. The molecule has 1 amide bonds. The van der Waals surface area contributed by atoms with Crippen LogP contribution in [0, 0.1) is 17.1 Å². The maximum absolute atomic E-state index is 12.9. The molecule has 0 atom stereocenters. The molecule has 2 N–H and O–H groups in total. The van der Waals surface area contributed by atoms with Crippen LogP contribution in [0.2, 0.25) is 0 Å². The van der Waals surface area contributed by atoms with Crippen LogP contribution in [0.25, 0.3) is 5.57 Å². The number of nitrogens with one attached hydrogen (secondary N) is 2. The van der Waals surface area contributed by atoms with Crippen molar-refractivity contribution >= 4 is 23.5 Å². The molecule has 0 unspecified atom stereocenters. The normalized spacial score (nSPS) is 14.0. The summed E-state index contributed by atoms with van der Waals surface area (Å²) in [5.74, 6) is 1.40. The number of ether oxygens (including phenoxy) is 1. The summed E-state index contributed by atoms with van der Waals surface area (Å²) in [6, 6.07) is 13.5. The van der Waals surface area contributed by atoms with Gasteiger partial charge in [0.2, 0.25) is 5.91 Å². The molecule has 0 spiro atoms. The molecule has 2 heterocycles. The van der Waals surface area contributed by atoms with E-state index in [2.05, 4.69) is 21.9 Å². The van der Waals surface area contributed by atoms with Crippen LogP contribution in [0.5, 0.6) is 5.75 Å². The van der Waals surface area contributed by atoms with Crippen LogP contribution < -0.4 is 4.74 Å². The van der Waals surface area contributed by atoms with Crippen LogP contribution in [0.3, 0.4) is 0 Å². The van der Waals surface area contributed by atoms with E-state index in [1.807, 2.05) is 43.0 Å². The molecule has 206 valence electrons. The molecule has 0 radical (unpaired) electrons. The average molecular weight is 534 g/mol. The Morgan fingerprint density at radius 3 is 2.28 bits per heavy atom. The van der Waals surface area contributed by atoms with Crippen molar-refractivity contribution in [2.24, 2.45) is 5.92 Å². The van der Waals surface area contributed by atoms with Gasteiger partial charge in [0.25, 0.3) is 0 Å². The van der Waals surface area contributed by atoms with E-state index in [1.165, 1.54) is 18.3 Å². The van der Waals surface area contributed by atoms with Crippen LogP contribution in [0.4, 0.5) is 4.39 Å². The number of amides is 1. The lowest BCUT2D eigenvalue weighted by Gasteiger charge is -2.32. The number of halogens is 1. The molecule has 0 bridgehead atoms. The van der Waals surface area contributed by atoms with Gasteiger partial charge in [-0.2, -0.15) is 0 Å². The minimum absolute atomic E-state index is 0.122. The third-order valence-electron chi connectivity index (χ3n) is 6.44. The second-order valence-electron chi connectivity index (χ2n) is 9.69. The molecular weight excluding hydrogens is 497 g/mol. The minimum Gasteiger partial charge on any atom is -0.497 e. The predicted molar refractivity (Wildman–Crippen MR) is 151 cm³/mol. The van der Waals surface area contributed by atoms with Crippen LogP contribution in [0.1, 0.15) is 41.3 Å². The number of aldehydes is 1. The number of allylic oxidation sites excluding steroid dienone is 2. The van der Waals surface area contributed by atoms with E-state index < -0.39 is 0 Å². The van der Waals surface area contributed by atoms with Gasteiger partial charge in [0.1, 0.15) is 17.4 Å². The Hall–Kier alpha value is -4.11. The Bertz CT molecular complexity index is 1270. The molecule has 4 rings (SSSR count). The molecule has 39 heavy (non-hydrogen) atoms. The number of hydrogen-bond donors (Lipinski definition) is 2. The van der Waals surface area contributed by atoms with Crippen molar-refractivity contribution in [1.82, 2.24) is 19.8 Å². The lowest BCUT2D eigenvalue weighted by molar-refractivity contribution is -0.132. The van der Waals surface area contributed by atoms with E-state index in [9.17, 15) is 14.0 Å². The van der Waals surface area contributed by atoms with Crippen molar-refractivity contribution < 1.29 is 18.7 Å². The van der Waals surface area contributed by atoms with Crippen LogP contribution in [-0.2, 0) is 11.2 Å². The fraction of sp³-hybridized carbons (Fsp3) is 0.333. The number of hydrogen-bond acceptors (Lipinski definition) is 6. The average Bonchev–Trinajstić information content (AvgIpc) is 3.42. The lowest BCUT2D eigenvalue weighted by Crippen LogP contribution is -2.47. The van der Waals surface area contributed by atoms with Crippen LogP contribution in [0.15, 0.2) is 60.8 Å². The lowest BCUT2D eigenvalue weighted by atomic mass is 9.98. The van der Waals surface area contributed by atoms with Gasteiger partial charge in [-0.15, -0.1) is 0 Å². The molecule has 9 heteroatoms. The molecule has 1 aliphatic rings. The van der Waals surface area contributed by atoms with Gasteiger partial charge >= 0.3 is 0 Å². The maximum atomic E-state index is 12.9. The molecule has 0 aliphatic carbocycles. The molecule has 2 aromatic carbocycles. The van der Waals surface area contributed by atoms with Gasteiger partial charge < -0.3 is 24.9 Å². The highest BCUT2D eigenvalue weighted by atomic mass is 19.1. The number of piperazine rings is 1. The number of imidazole rings is 1. The summed E-state index contributed by atoms with van der Waals surface area (Å²) in [5.41, 5.74) is 3.14. The van der Waals surface area contributed by atoms with Crippen LogP contribution in [-0.4, -0.2) is 78.0 Å². The first-order chi connectivity index (χ1) is 18.7. The number of aromatic nitrogens is 2. The highest BCUT2D eigenvalue weighted by Crippen LogP contribution is 2.21. The molecule has 1 saturated heterocycles. The van der Waals surface area contributed by atoms with Gasteiger partial charge in [0, 0.05) is 26.2 Å². The number of rotatable bonds is 8. The molecule has 0 saturated carbocycles. The summed E-state index contributed by atoms with van der Waals surface area (Å²) >= 11 is 0. The number of H-pyrrole nitrogens is 1. The van der Waals surface area contributed by atoms with Crippen LogP contribution >= 0.6 is 0 Å². The smallest absolute Gasteiger partial charge is 0.227 e. The second-order valence-corrected chi connectivity index (χ2v) is 9.69. The Morgan fingerprint density at radius 2 is 1.74 bits per heavy atom. The van der Waals surface area contributed by atoms with E-state index >= 15 is 0 Å². The fourth-order valence-corrected chi connectivity index (χ4v) is 4.00. The number of carbonyl (C=O) groups is 2. The first-order valence-corrected chi connectivity index (χ1v) is 12.9. The predicted octanol–water partition coefficient (Wildman–Crippen LogP) is 4.48. The van der Waals surface area contributed by atoms with E-state index in [4.69, 9.17) is 10.1 Å². The number of aromatic amines is 1. The summed E-state index contributed by atoms with van der Waals surface area (Å²) < 4.78 is 18.0. The molecule has 8 nitrogen and oxygen atoms in total. The monoisotopic (exact) mass is 533 g/mol. The summed E-state index contributed by atoms with van der Waals surface area (Å²) in [5, 5.41) is 8.11. The number of benzene rings is 2. The number of methoxy groups -OCH3 is 1. The maximum Gasteiger partial charge on any atom is 0.227 e. The topological polar surface area (TPSA) is 102 Å². The first kappa shape index (κ1) is 29.4. The summed E-state index contributed by atoms with van der Waals surface area (Å²) in [4.78, 5) is 34.1. The van der Waals surface area contributed by atoms with E-state index in [-0.39, 0.29) is 23.4 Å². The van der Waals surface area contributed by atoms with Crippen molar-refractivity contribution in [3.05, 3.63) is 89.3 Å². The zero-order chi connectivity index (χ0) is 28.4. The second kappa shape index (κ2) is 14.2. The largest absolute Gasteiger partial charge is 0.497 e. The molecular formula is C30H36FN5O3. The quantitative estimate of drug-likeness (QED) is 0.328. The Labute approximate surface area is 229 Å². The van der Waals surface area contributed by atoms with Gasteiger partial charge in [-0.3, -0.25) is 9.59 Å². The molecule has 1 aromatic heterocycles. The molecule has 1 aliphatic heterocycles. The van der Waals surface area contributed by atoms with Crippen molar-refractivity contribution in [2.75, 3.05) is 40.3 Å². The minimum atomic E-state index is -0.332. The zero-order valence-corrected chi connectivity index (χ0v) is 22.9. The third kappa shape index (κ3) is 8.71. The third-order valence-corrected chi connectivity index (χ3v) is 6.44. The Kier molecular flexibility index (Phi) is 10.7. The van der Waals surface area contributed by atoms with Gasteiger partial charge in [-0.1, -0.05) is 26.0 Å². The number of nitrogens with zero attached hydrogens (tertiary/aromatic N) is 3. The van der Waals surface area contributed by atoms with E-state index in [0.29, 0.717) is 29.8 Å². The van der Waals surface area contributed by atoms with Gasteiger partial charge in [0.15, 0.2) is 6.29 Å². The summed E-state index contributed by atoms with van der Waals surface area (Å²) in [6.45, 7) is 7.57. The highest BCUT2D eigenvalue weighted by Gasteiger charge is 2.19. The van der Waals surface area contributed by atoms with Crippen molar-refractivity contribution in [1.29, 1.82) is 5.41 Å². The van der Waals surface area contributed by atoms with Crippen molar-refractivity contribution in [2.45, 2.75) is 20.3 Å². The fourth-order valence-electron chi connectivity index (χ4n) is 4.00. The van der Waals surface area contributed by atoms with E-state index in [0.717, 1.165) is 43.1 Å². The highest BCUT2D eigenvalue weighted by molar-refractivity contribution is 6.10.